The van der Waals surface area contributed by atoms with E-state index in [9.17, 15) is 9.59 Å². The van der Waals surface area contributed by atoms with Crippen molar-refractivity contribution in [2.45, 2.75) is 37.1 Å². The predicted molar refractivity (Wildman–Crippen MR) is 126 cm³/mol. The molecule has 162 valence electrons. The maximum absolute atomic E-state index is 13.8. The monoisotopic (exact) mass is 476 g/mol. The van der Waals surface area contributed by atoms with Gasteiger partial charge in [-0.1, -0.05) is 53.6 Å². The van der Waals surface area contributed by atoms with Crippen molar-refractivity contribution < 1.29 is 9.59 Å². The number of piperidine rings is 1. The molecule has 7 heteroatoms. The van der Waals surface area contributed by atoms with Crippen LogP contribution in [-0.4, -0.2) is 35.2 Å². The Kier molecular flexibility index (Phi) is 6.08. The molecule has 1 fully saturated rings. The number of likely N-dealkylation sites (tertiary alicyclic amines) is 1. The van der Waals surface area contributed by atoms with Crippen molar-refractivity contribution in [3.8, 4) is 0 Å². The summed E-state index contributed by atoms with van der Waals surface area (Å²) in [6, 6.07) is 12.3. The Morgan fingerprint density at radius 3 is 2.61 bits per heavy atom. The number of benzene rings is 2. The molecule has 1 saturated heterocycles. The van der Waals surface area contributed by atoms with Crippen LogP contribution in [0.5, 0.6) is 0 Å². The van der Waals surface area contributed by atoms with Gasteiger partial charge in [-0.15, -0.1) is 11.6 Å². The number of carbonyl (C=O) groups excluding carboxylic acids is 2. The SMILES string of the molecule is C=C(C)[C@H]1N(CCCCl)C(=O)C[C@@H](c2cccc(Cl)c2)[C@]12C(=O)Nc1cc(Cl)ccc12. The molecule has 0 aromatic heterocycles. The van der Waals surface area contributed by atoms with Gasteiger partial charge in [-0.2, -0.15) is 0 Å². The van der Waals surface area contributed by atoms with Crippen LogP contribution in [-0.2, 0) is 15.0 Å². The quantitative estimate of drug-likeness (QED) is 0.439. The second kappa shape index (κ2) is 8.50. The van der Waals surface area contributed by atoms with Crippen molar-refractivity contribution in [2.24, 2.45) is 0 Å². The number of alkyl halides is 1. The summed E-state index contributed by atoms with van der Waals surface area (Å²) in [6.45, 7) is 6.53. The van der Waals surface area contributed by atoms with Crippen LogP contribution < -0.4 is 5.32 Å². The highest BCUT2D eigenvalue weighted by Gasteiger charge is 2.62. The second-order valence-corrected chi connectivity index (χ2v) is 9.45. The highest BCUT2D eigenvalue weighted by atomic mass is 35.5. The van der Waals surface area contributed by atoms with Crippen molar-refractivity contribution in [2.75, 3.05) is 17.7 Å². The first-order valence-electron chi connectivity index (χ1n) is 10.2. The number of carbonyl (C=O) groups is 2. The molecule has 0 unspecified atom stereocenters. The molecule has 0 bridgehead atoms. The fourth-order valence-corrected chi connectivity index (χ4v) is 5.71. The fourth-order valence-electron chi connectivity index (χ4n) is 5.22. The molecule has 2 aromatic rings. The zero-order valence-corrected chi connectivity index (χ0v) is 19.4. The van der Waals surface area contributed by atoms with Crippen molar-refractivity contribution in [1.82, 2.24) is 4.90 Å². The summed E-state index contributed by atoms with van der Waals surface area (Å²) in [5, 5.41) is 4.12. The van der Waals surface area contributed by atoms with Crippen molar-refractivity contribution >= 4 is 52.3 Å². The molecule has 3 atom stereocenters. The van der Waals surface area contributed by atoms with E-state index in [-0.39, 0.29) is 18.2 Å². The van der Waals surface area contributed by atoms with Gasteiger partial charge in [0.1, 0.15) is 5.41 Å². The average Bonchev–Trinajstić information content (AvgIpc) is 2.99. The van der Waals surface area contributed by atoms with Gasteiger partial charge in [-0.3, -0.25) is 9.59 Å². The maximum Gasteiger partial charge on any atom is 0.238 e. The first-order chi connectivity index (χ1) is 14.8. The Labute approximate surface area is 197 Å². The molecule has 0 radical (unpaired) electrons. The Morgan fingerprint density at radius 2 is 1.94 bits per heavy atom. The number of amides is 2. The summed E-state index contributed by atoms with van der Waals surface area (Å²) >= 11 is 18.5. The molecule has 0 aliphatic carbocycles. The van der Waals surface area contributed by atoms with E-state index in [0.29, 0.717) is 34.6 Å². The van der Waals surface area contributed by atoms with Crippen molar-refractivity contribution in [1.29, 1.82) is 0 Å². The van der Waals surface area contributed by atoms with E-state index in [1.165, 1.54) is 0 Å². The third kappa shape index (κ3) is 3.55. The number of anilines is 1. The standard InChI is InChI=1S/C24H23Cl3N2O2/c1-14(2)22-24(18-8-7-17(27)12-20(18)28-23(24)31)19(15-5-3-6-16(26)11-15)13-21(30)29(22)10-4-9-25/h3,5-8,11-12,19,22H,1,4,9-10,13H2,2H3,(H,28,31)/t19-,22+,24-/m0/s1. The van der Waals surface area contributed by atoms with Crippen LogP contribution >= 0.6 is 34.8 Å². The largest absolute Gasteiger partial charge is 0.334 e. The van der Waals surface area contributed by atoms with E-state index >= 15 is 0 Å². The molecule has 2 aliphatic rings. The molecule has 4 nitrogen and oxygen atoms in total. The summed E-state index contributed by atoms with van der Waals surface area (Å²) in [5.41, 5.74) is 2.04. The first-order valence-corrected chi connectivity index (χ1v) is 11.5. The zero-order valence-electron chi connectivity index (χ0n) is 17.1. The van der Waals surface area contributed by atoms with Crippen LogP contribution in [0.3, 0.4) is 0 Å². The molecule has 2 aromatic carbocycles. The molecular weight excluding hydrogens is 455 g/mol. The molecule has 31 heavy (non-hydrogen) atoms. The van der Waals surface area contributed by atoms with E-state index in [1.54, 1.807) is 23.1 Å². The van der Waals surface area contributed by atoms with Gasteiger partial charge in [-0.05, 0) is 48.7 Å². The predicted octanol–water partition coefficient (Wildman–Crippen LogP) is 5.77. The molecule has 2 aliphatic heterocycles. The Hall–Kier alpha value is -2.01. The fraction of sp³-hybridized carbons (Fsp3) is 0.333. The number of hydrogen-bond donors (Lipinski definition) is 1. The van der Waals surface area contributed by atoms with Crippen LogP contribution in [0.2, 0.25) is 10.0 Å². The number of hydrogen-bond acceptors (Lipinski definition) is 2. The lowest BCUT2D eigenvalue weighted by atomic mass is 9.58. The Morgan fingerprint density at radius 1 is 1.19 bits per heavy atom. The first kappa shape index (κ1) is 22.2. The van der Waals surface area contributed by atoms with Crippen molar-refractivity contribution in [3.05, 3.63) is 75.8 Å². The molecule has 1 spiro atoms. The molecule has 0 saturated carbocycles. The lowest BCUT2D eigenvalue weighted by Gasteiger charge is -2.51. The number of nitrogens with one attached hydrogen (secondary N) is 1. The van der Waals surface area contributed by atoms with E-state index in [2.05, 4.69) is 11.9 Å². The minimum atomic E-state index is -1.04. The zero-order chi connectivity index (χ0) is 22.3. The van der Waals surface area contributed by atoms with E-state index in [0.717, 1.165) is 16.7 Å². The number of halogens is 3. The smallest absolute Gasteiger partial charge is 0.238 e. The molecular formula is C24H23Cl3N2O2. The number of rotatable bonds is 5. The van der Waals surface area contributed by atoms with Gasteiger partial charge in [0.15, 0.2) is 0 Å². The Bertz CT molecular complexity index is 1070. The van der Waals surface area contributed by atoms with Gasteiger partial charge in [0.25, 0.3) is 0 Å². The minimum absolute atomic E-state index is 0.0241. The van der Waals surface area contributed by atoms with Crippen LogP contribution in [0.15, 0.2) is 54.6 Å². The average molecular weight is 478 g/mol. The summed E-state index contributed by atoms with van der Waals surface area (Å²) in [4.78, 5) is 29.0. The van der Waals surface area contributed by atoms with Gasteiger partial charge in [0.05, 0.1) is 6.04 Å². The summed E-state index contributed by atoms with van der Waals surface area (Å²) in [7, 11) is 0. The number of fused-ring (bicyclic) bond motifs is 2. The maximum atomic E-state index is 13.8. The minimum Gasteiger partial charge on any atom is -0.334 e. The van der Waals surface area contributed by atoms with Gasteiger partial charge < -0.3 is 10.2 Å². The summed E-state index contributed by atoms with van der Waals surface area (Å²) in [6.07, 6.45) is 0.811. The van der Waals surface area contributed by atoms with Crippen LogP contribution in [0.25, 0.3) is 0 Å². The highest BCUT2D eigenvalue weighted by molar-refractivity contribution is 6.31. The summed E-state index contributed by atoms with van der Waals surface area (Å²) in [5.74, 6) is -0.166. The van der Waals surface area contributed by atoms with E-state index < -0.39 is 17.4 Å². The number of nitrogens with zero attached hydrogens (tertiary/aromatic N) is 1. The highest BCUT2D eigenvalue weighted by Crippen LogP contribution is 2.56. The third-order valence-corrected chi connectivity index (χ3v) is 7.03. The van der Waals surface area contributed by atoms with Crippen LogP contribution in [0.4, 0.5) is 5.69 Å². The normalized spacial score (nSPS) is 25.0. The van der Waals surface area contributed by atoms with Crippen LogP contribution in [0.1, 0.15) is 36.8 Å². The summed E-state index contributed by atoms with van der Waals surface area (Å²) < 4.78 is 0. The molecule has 2 heterocycles. The lowest BCUT2D eigenvalue weighted by Crippen LogP contribution is -2.63. The van der Waals surface area contributed by atoms with Gasteiger partial charge in [0.2, 0.25) is 11.8 Å². The molecule has 2 amide bonds. The van der Waals surface area contributed by atoms with Gasteiger partial charge in [-0.25, -0.2) is 0 Å². The third-order valence-electron chi connectivity index (χ3n) is 6.29. The molecule has 4 rings (SSSR count). The Balaban J connectivity index is 2.00. The molecule has 1 N–H and O–H groups in total. The topological polar surface area (TPSA) is 49.4 Å². The van der Waals surface area contributed by atoms with Crippen molar-refractivity contribution in [3.63, 3.8) is 0 Å². The van der Waals surface area contributed by atoms with E-state index in [1.807, 2.05) is 31.2 Å². The van der Waals surface area contributed by atoms with Crippen LogP contribution in [0, 0.1) is 0 Å². The van der Waals surface area contributed by atoms with Gasteiger partial charge in [0, 0.05) is 40.5 Å². The van der Waals surface area contributed by atoms with E-state index in [4.69, 9.17) is 34.8 Å². The van der Waals surface area contributed by atoms with Gasteiger partial charge >= 0.3 is 0 Å². The lowest BCUT2D eigenvalue weighted by molar-refractivity contribution is -0.143. The second-order valence-electron chi connectivity index (χ2n) is 8.20.